The van der Waals surface area contributed by atoms with E-state index in [0.717, 1.165) is 11.3 Å². The van der Waals surface area contributed by atoms with Crippen molar-refractivity contribution in [1.82, 2.24) is 9.97 Å². The summed E-state index contributed by atoms with van der Waals surface area (Å²) in [4.78, 5) is 19.0. The summed E-state index contributed by atoms with van der Waals surface area (Å²) in [6.07, 6.45) is 1.39. The fraction of sp³-hybridized carbons (Fsp3) is 0. The first-order chi connectivity index (χ1) is 9.74. The number of anilines is 1. The maximum atomic E-state index is 11.8. The van der Waals surface area contributed by atoms with Gasteiger partial charge in [0.2, 0.25) is 0 Å². The van der Waals surface area contributed by atoms with Crippen molar-refractivity contribution in [3.05, 3.63) is 70.8 Å². The number of hydrogen-bond donors (Lipinski definition) is 2. The Morgan fingerprint density at radius 1 is 1.15 bits per heavy atom. The van der Waals surface area contributed by atoms with Gasteiger partial charge in [-0.05, 0) is 30.3 Å². The van der Waals surface area contributed by atoms with Crippen LogP contribution in [0.5, 0.6) is 0 Å². The minimum absolute atomic E-state index is 0.167. The molecule has 0 unspecified atom stereocenters. The third-order valence-electron chi connectivity index (χ3n) is 2.93. The molecule has 4 nitrogen and oxygen atoms in total. The lowest BCUT2D eigenvalue weighted by Gasteiger charge is -2.08. The highest BCUT2D eigenvalue weighted by molar-refractivity contribution is 7.81. The summed E-state index contributed by atoms with van der Waals surface area (Å²) in [5.74, 6) is 0. The van der Waals surface area contributed by atoms with Crippen molar-refractivity contribution in [3.63, 3.8) is 0 Å². The Hall–Kier alpha value is -2.53. The average molecular weight is 281 g/mol. The van der Waals surface area contributed by atoms with Crippen molar-refractivity contribution in [2.45, 2.75) is 0 Å². The van der Waals surface area contributed by atoms with Crippen LogP contribution < -0.4 is 10.9 Å². The molecule has 0 radical (unpaired) electrons. The molecular formula is C15H11N3OS. The van der Waals surface area contributed by atoms with Crippen molar-refractivity contribution in [2.75, 3.05) is 5.32 Å². The standard InChI is InChI=1S/C15H11N3OS/c19-14-12-8-10(6-7-13(12)16-9-17-14)15(20)18-11-4-2-1-3-5-11/h1-9H,(H,18,20)(H,16,17,19). The van der Waals surface area contributed by atoms with Gasteiger partial charge in [0.25, 0.3) is 5.56 Å². The molecule has 0 saturated carbocycles. The third kappa shape index (κ3) is 2.44. The highest BCUT2D eigenvalue weighted by atomic mass is 32.1. The lowest BCUT2D eigenvalue weighted by molar-refractivity contribution is 1.17. The molecule has 5 heteroatoms. The predicted molar refractivity (Wildman–Crippen MR) is 84.1 cm³/mol. The van der Waals surface area contributed by atoms with Crippen LogP contribution in [-0.2, 0) is 0 Å². The molecule has 0 amide bonds. The average Bonchev–Trinajstić information content (AvgIpc) is 2.48. The molecule has 20 heavy (non-hydrogen) atoms. The van der Waals surface area contributed by atoms with E-state index in [-0.39, 0.29) is 5.56 Å². The van der Waals surface area contributed by atoms with Gasteiger partial charge in [0.15, 0.2) is 0 Å². The van der Waals surface area contributed by atoms with E-state index < -0.39 is 0 Å². The van der Waals surface area contributed by atoms with E-state index >= 15 is 0 Å². The van der Waals surface area contributed by atoms with Gasteiger partial charge in [-0.15, -0.1) is 0 Å². The Balaban J connectivity index is 1.96. The molecule has 0 saturated heterocycles. The summed E-state index contributed by atoms with van der Waals surface area (Å²) in [6.45, 7) is 0. The fourth-order valence-electron chi connectivity index (χ4n) is 1.93. The number of thiocarbonyl (C=S) groups is 1. The first kappa shape index (κ1) is 12.5. The van der Waals surface area contributed by atoms with Gasteiger partial charge in [0.05, 0.1) is 17.2 Å². The number of fused-ring (bicyclic) bond motifs is 1. The largest absolute Gasteiger partial charge is 0.346 e. The normalized spacial score (nSPS) is 10.4. The van der Waals surface area contributed by atoms with Crippen molar-refractivity contribution >= 4 is 33.8 Å². The van der Waals surface area contributed by atoms with Crippen molar-refractivity contribution in [3.8, 4) is 0 Å². The van der Waals surface area contributed by atoms with E-state index in [1.165, 1.54) is 6.33 Å². The van der Waals surface area contributed by atoms with Crippen LogP contribution in [0.25, 0.3) is 10.9 Å². The molecule has 0 aliphatic heterocycles. The first-order valence-corrected chi connectivity index (χ1v) is 6.49. The molecule has 0 aliphatic carbocycles. The molecule has 0 bridgehead atoms. The van der Waals surface area contributed by atoms with E-state index in [9.17, 15) is 4.79 Å². The van der Waals surface area contributed by atoms with Crippen molar-refractivity contribution < 1.29 is 0 Å². The quantitative estimate of drug-likeness (QED) is 0.709. The molecule has 0 atom stereocenters. The number of para-hydroxylation sites is 1. The minimum atomic E-state index is -0.167. The van der Waals surface area contributed by atoms with Crippen LogP contribution in [0.2, 0.25) is 0 Å². The van der Waals surface area contributed by atoms with Gasteiger partial charge in [-0.3, -0.25) is 4.79 Å². The van der Waals surface area contributed by atoms with Crippen molar-refractivity contribution in [1.29, 1.82) is 0 Å². The lowest BCUT2D eigenvalue weighted by Crippen LogP contribution is -2.12. The number of aromatic nitrogens is 2. The summed E-state index contributed by atoms with van der Waals surface area (Å²) < 4.78 is 0. The van der Waals surface area contributed by atoms with Gasteiger partial charge >= 0.3 is 0 Å². The first-order valence-electron chi connectivity index (χ1n) is 6.08. The Morgan fingerprint density at radius 3 is 2.75 bits per heavy atom. The maximum Gasteiger partial charge on any atom is 0.258 e. The number of hydrogen-bond acceptors (Lipinski definition) is 3. The zero-order valence-electron chi connectivity index (χ0n) is 10.5. The summed E-state index contributed by atoms with van der Waals surface area (Å²) in [6, 6.07) is 15.1. The molecule has 0 aliphatic rings. The van der Waals surface area contributed by atoms with Crippen molar-refractivity contribution in [2.24, 2.45) is 0 Å². The van der Waals surface area contributed by atoms with Gasteiger partial charge in [0, 0.05) is 11.3 Å². The lowest BCUT2D eigenvalue weighted by atomic mass is 10.1. The van der Waals surface area contributed by atoms with Crippen LogP contribution in [-0.4, -0.2) is 15.0 Å². The summed E-state index contributed by atoms with van der Waals surface area (Å²) in [5.41, 5.74) is 2.19. The molecule has 3 aromatic rings. The third-order valence-corrected chi connectivity index (χ3v) is 3.27. The van der Waals surface area contributed by atoms with Crippen LogP contribution in [0.15, 0.2) is 59.7 Å². The highest BCUT2D eigenvalue weighted by Crippen LogP contribution is 2.13. The van der Waals surface area contributed by atoms with Gasteiger partial charge in [0.1, 0.15) is 4.99 Å². The Morgan fingerprint density at radius 2 is 1.95 bits per heavy atom. The second kappa shape index (κ2) is 5.22. The summed E-state index contributed by atoms with van der Waals surface area (Å²) >= 11 is 5.36. The van der Waals surface area contributed by atoms with E-state index in [1.54, 1.807) is 12.1 Å². The maximum absolute atomic E-state index is 11.8. The second-order valence-corrected chi connectivity index (χ2v) is 4.69. The van der Waals surface area contributed by atoms with Crippen LogP contribution in [0.1, 0.15) is 5.56 Å². The van der Waals surface area contributed by atoms with E-state index in [4.69, 9.17) is 12.2 Å². The number of benzene rings is 2. The Kier molecular flexibility index (Phi) is 3.26. The van der Waals surface area contributed by atoms with Crippen LogP contribution in [0, 0.1) is 0 Å². The number of aromatic amines is 1. The zero-order chi connectivity index (χ0) is 13.9. The molecule has 0 fully saturated rings. The molecular weight excluding hydrogens is 270 g/mol. The van der Waals surface area contributed by atoms with Gasteiger partial charge < -0.3 is 10.3 Å². The van der Waals surface area contributed by atoms with E-state index in [1.807, 2.05) is 36.4 Å². The highest BCUT2D eigenvalue weighted by Gasteiger charge is 2.05. The van der Waals surface area contributed by atoms with Gasteiger partial charge in [-0.1, -0.05) is 30.4 Å². The summed E-state index contributed by atoms with van der Waals surface area (Å²) in [5, 5.41) is 3.67. The molecule has 1 heterocycles. The smallest absolute Gasteiger partial charge is 0.258 e. The Labute approximate surface area is 120 Å². The predicted octanol–water partition coefficient (Wildman–Crippen LogP) is 2.71. The molecule has 1 aromatic heterocycles. The molecule has 98 valence electrons. The molecule has 2 aromatic carbocycles. The number of nitrogens with zero attached hydrogens (tertiary/aromatic N) is 1. The van der Waals surface area contributed by atoms with E-state index in [0.29, 0.717) is 15.9 Å². The van der Waals surface area contributed by atoms with E-state index in [2.05, 4.69) is 15.3 Å². The molecule has 0 spiro atoms. The van der Waals surface area contributed by atoms with Crippen LogP contribution in [0.3, 0.4) is 0 Å². The number of rotatable bonds is 2. The van der Waals surface area contributed by atoms with Gasteiger partial charge in [-0.25, -0.2) is 4.98 Å². The molecule has 2 N–H and O–H groups in total. The Bertz CT molecular complexity index is 827. The number of H-pyrrole nitrogens is 1. The summed E-state index contributed by atoms with van der Waals surface area (Å²) in [7, 11) is 0. The monoisotopic (exact) mass is 281 g/mol. The fourth-order valence-corrected chi connectivity index (χ4v) is 2.18. The topological polar surface area (TPSA) is 57.8 Å². The zero-order valence-corrected chi connectivity index (χ0v) is 11.3. The second-order valence-electron chi connectivity index (χ2n) is 4.28. The van der Waals surface area contributed by atoms with Gasteiger partial charge in [-0.2, -0.15) is 0 Å². The van der Waals surface area contributed by atoms with Crippen LogP contribution in [0.4, 0.5) is 5.69 Å². The molecule has 3 rings (SSSR count). The number of nitrogens with one attached hydrogen (secondary N) is 2. The minimum Gasteiger partial charge on any atom is -0.346 e. The van der Waals surface area contributed by atoms with Crippen LogP contribution >= 0.6 is 12.2 Å². The SMILES string of the molecule is O=c1[nH]cnc2ccc(C(=S)Nc3ccccc3)cc12.